The van der Waals surface area contributed by atoms with Crippen molar-refractivity contribution in [3.05, 3.63) is 77.4 Å². The first-order chi connectivity index (χ1) is 11.2. The van der Waals surface area contributed by atoms with E-state index in [1.807, 2.05) is 18.2 Å². The Hall–Kier alpha value is -2.35. The summed E-state index contributed by atoms with van der Waals surface area (Å²) in [6.07, 6.45) is 6.14. The quantitative estimate of drug-likeness (QED) is 0.834. The van der Waals surface area contributed by atoms with E-state index in [0.29, 0.717) is 0 Å². The summed E-state index contributed by atoms with van der Waals surface area (Å²) in [5.41, 5.74) is 5.14. The maximum atomic E-state index is 12.5. The number of aryl methyl sites for hydroxylation is 2. The monoisotopic (exact) mass is 303 g/mol. The fraction of sp³-hybridized carbons (Fsp3) is 0.286. The fourth-order valence-electron chi connectivity index (χ4n) is 3.95. The number of carbonyl (C=O) groups excluding carboxylic acids is 1. The lowest BCUT2D eigenvalue weighted by atomic mass is 9.89. The predicted octanol–water partition coefficient (Wildman–Crippen LogP) is 4.04. The standard InChI is InChI=1S/C21H21NO/c1-15-9-10-18-17(14-15)8-5-13-22(18)19-11-12-20(23)21(19)16-6-3-2-4-7-16/h2-4,6-7,9-12,14,19,21H,5,8,13H2,1H3/t19-,21+/m1/s1. The fourth-order valence-corrected chi connectivity index (χ4v) is 3.95. The Kier molecular flexibility index (Phi) is 3.53. The Morgan fingerprint density at radius 1 is 1.09 bits per heavy atom. The molecule has 2 aliphatic rings. The van der Waals surface area contributed by atoms with Crippen molar-refractivity contribution >= 4 is 11.5 Å². The summed E-state index contributed by atoms with van der Waals surface area (Å²) in [6, 6.07) is 17.0. The third kappa shape index (κ3) is 2.48. The van der Waals surface area contributed by atoms with Crippen LogP contribution in [-0.4, -0.2) is 18.4 Å². The molecule has 1 aliphatic carbocycles. The zero-order chi connectivity index (χ0) is 15.8. The number of anilines is 1. The molecule has 0 aromatic heterocycles. The van der Waals surface area contributed by atoms with E-state index >= 15 is 0 Å². The van der Waals surface area contributed by atoms with Gasteiger partial charge < -0.3 is 4.90 Å². The van der Waals surface area contributed by atoms with E-state index in [9.17, 15) is 4.79 Å². The molecule has 1 aliphatic heterocycles. The molecule has 23 heavy (non-hydrogen) atoms. The first kappa shape index (κ1) is 14.3. The summed E-state index contributed by atoms with van der Waals surface area (Å²) >= 11 is 0. The summed E-state index contributed by atoms with van der Waals surface area (Å²) in [5, 5.41) is 0. The average molecular weight is 303 g/mol. The van der Waals surface area contributed by atoms with Crippen LogP contribution in [0.3, 0.4) is 0 Å². The molecule has 0 fully saturated rings. The molecule has 0 N–H and O–H groups in total. The van der Waals surface area contributed by atoms with Crippen molar-refractivity contribution in [3.63, 3.8) is 0 Å². The maximum absolute atomic E-state index is 12.5. The third-order valence-corrected chi connectivity index (χ3v) is 5.01. The van der Waals surface area contributed by atoms with E-state index in [2.05, 4.69) is 48.2 Å². The average Bonchev–Trinajstić information content (AvgIpc) is 2.96. The van der Waals surface area contributed by atoms with Crippen molar-refractivity contribution in [1.82, 2.24) is 0 Å². The van der Waals surface area contributed by atoms with E-state index < -0.39 is 0 Å². The first-order valence-corrected chi connectivity index (χ1v) is 8.37. The van der Waals surface area contributed by atoms with Gasteiger partial charge in [0.15, 0.2) is 5.78 Å². The molecule has 4 rings (SSSR count). The van der Waals surface area contributed by atoms with E-state index in [4.69, 9.17) is 0 Å². The van der Waals surface area contributed by atoms with Crippen LogP contribution in [0, 0.1) is 6.92 Å². The van der Waals surface area contributed by atoms with Crippen LogP contribution in [0.4, 0.5) is 5.69 Å². The minimum atomic E-state index is -0.0801. The molecule has 1 heterocycles. The summed E-state index contributed by atoms with van der Waals surface area (Å²) in [5.74, 6) is 0.142. The SMILES string of the molecule is Cc1ccc2c(c1)CCCN2[C@@H]1C=CC(=O)[C@H]1c1ccccc1. The highest BCUT2D eigenvalue weighted by molar-refractivity contribution is 5.99. The van der Waals surface area contributed by atoms with Gasteiger partial charge in [-0.1, -0.05) is 54.1 Å². The number of hydrogen-bond acceptors (Lipinski definition) is 2. The number of ketones is 1. The highest BCUT2D eigenvalue weighted by atomic mass is 16.1. The number of benzene rings is 2. The summed E-state index contributed by atoms with van der Waals surface area (Å²) < 4.78 is 0. The Morgan fingerprint density at radius 2 is 1.91 bits per heavy atom. The second-order valence-corrected chi connectivity index (χ2v) is 6.57. The lowest BCUT2D eigenvalue weighted by Gasteiger charge is -2.38. The number of hydrogen-bond donors (Lipinski definition) is 0. The van der Waals surface area contributed by atoms with E-state index in [0.717, 1.165) is 24.9 Å². The van der Waals surface area contributed by atoms with Gasteiger partial charge in [-0.3, -0.25) is 4.79 Å². The van der Waals surface area contributed by atoms with Crippen molar-refractivity contribution in [3.8, 4) is 0 Å². The maximum Gasteiger partial charge on any atom is 0.165 e. The molecule has 2 aromatic rings. The lowest BCUT2D eigenvalue weighted by molar-refractivity contribution is -0.115. The molecule has 2 heteroatoms. The minimum Gasteiger partial charge on any atom is -0.364 e. The second kappa shape index (κ2) is 5.69. The van der Waals surface area contributed by atoms with Crippen LogP contribution < -0.4 is 4.90 Å². The van der Waals surface area contributed by atoms with Gasteiger partial charge in [0.25, 0.3) is 0 Å². The normalized spacial score (nSPS) is 23.2. The Balaban J connectivity index is 1.73. The lowest BCUT2D eigenvalue weighted by Crippen LogP contribution is -2.41. The number of carbonyl (C=O) groups is 1. The topological polar surface area (TPSA) is 20.3 Å². The number of fused-ring (bicyclic) bond motifs is 1. The molecule has 0 unspecified atom stereocenters. The van der Waals surface area contributed by atoms with Crippen molar-refractivity contribution in [2.75, 3.05) is 11.4 Å². The molecule has 2 nitrogen and oxygen atoms in total. The predicted molar refractivity (Wildman–Crippen MR) is 94.0 cm³/mol. The molecule has 0 saturated heterocycles. The van der Waals surface area contributed by atoms with Crippen LogP contribution in [0.2, 0.25) is 0 Å². The van der Waals surface area contributed by atoms with Gasteiger partial charge in [-0.15, -0.1) is 0 Å². The van der Waals surface area contributed by atoms with Gasteiger partial charge in [-0.05, 0) is 43.0 Å². The van der Waals surface area contributed by atoms with Gasteiger partial charge in [-0.25, -0.2) is 0 Å². The van der Waals surface area contributed by atoms with Crippen molar-refractivity contribution < 1.29 is 4.79 Å². The summed E-state index contributed by atoms with van der Waals surface area (Å²) in [6.45, 7) is 3.16. The third-order valence-electron chi connectivity index (χ3n) is 5.01. The Bertz CT molecular complexity index is 763. The molecule has 0 bridgehead atoms. The van der Waals surface area contributed by atoms with Gasteiger partial charge in [0, 0.05) is 12.2 Å². The van der Waals surface area contributed by atoms with Gasteiger partial charge in [-0.2, -0.15) is 0 Å². The molecule has 116 valence electrons. The molecule has 2 atom stereocenters. The van der Waals surface area contributed by atoms with Gasteiger partial charge >= 0.3 is 0 Å². The number of nitrogens with zero attached hydrogens (tertiary/aromatic N) is 1. The second-order valence-electron chi connectivity index (χ2n) is 6.57. The van der Waals surface area contributed by atoms with Crippen LogP contribution in [0.15, 0.2) is 60.7 Å². The zero-order valence-corrected chi connectivity index (χ0v) is 13.4. The smallest absolute Gasteiger partial charge is 0.165 e. The molecular formula is C21H21NO. The highest BCUT2D eigenvalue weighted by Gasteiger charge is 2.36. The molecule has 0 radical (unpaired) electrons. The number of allylic oxidation sites excluding steroid dienone is 1. The minimum absolute atomic E-state index is 0.0801. The summed E-state index contributed by atoms with van der Waals surface area (Å²) in [4.78, 5) is 14.9. The van der Waals surface area contributed by atoms with E-state index in [-0.39, 0.29) is 17.7 Å². The first-order valence-electron chi connectivity index (χ1n) is 8.37. The van der Waals surface area contributed by atoms with Crippen molar-refractivity contribution in [2.45, 2.75) is 31.7 Å². The van der Waals surface area contributed by atoms with Crippen LogP contribution >= 0.6 is 0 Å². The molecule has 0 saturated carbocycles. The Labute approximate surface area is 137 Å². The molecule has 0 spiro atoms. The molecule has 2 aromatic carbocycles. The zero-order valence-electron chi connectivity index (χ0n) is 13.4. The molecular weight excluding hydrogens is 282 g/mol. The number of rotatable bonds is 2. The van der Waals surface area contributed by atoms with E-state index in [1.165, 1.54) is 16.8 Å². The van der Waals surface area contributed by atoms with Crippen molar-refractivity contribution in [2.24, 2.45) is 0 Å². The summed E-state index contributed by atoms with van der Waals surface area (Å²) in [7, 11) is 0. The van der Waals surface area contributed by atoms with Crippen LogP contribution in [0.1, 0.15) is 29.0 Å². The van der Waals surface area contributed by atoms with Crippen LogP contribution in [0.5, 0.6) is 0 Å². The van der Waals surface area contributed by atoms with Crippen LogP contribution in [-0.2, 0) is 11.2 Å². The van der Waals surface area contributed by atoms with E-state index in [1.54, 1.807) is 6.08 Å². The van der Waals surface area contributed by atoms with Crippen LogP contribution in [0.25, 0.3) is 0 Å². The van der Waals surface area contributed by atoms with Crippen molar-refractivity contribution in [1.29, 1.82) is 0 Å². The van der Waals surface area contributed by atoms with Gasteiger partial charge in [0.05, 0.1) is 12.0 Å². The van der Waals surface area contributed by atoms with Gasteiger partial charge in [0.1, 0.15) is 0 Å². The largest absolute Gasteiger partial charge is 0.364 e. The Morgan fingerprint density at radius 3 is 2.74 bits per heavy atom. The highest BCUT2D eigenvalue weighted by Crippen LogP contribution is 2.37. The molecule has 0 amide bonds. The van der Waals surface area contributed by atoms with Gasteiger partial charge in [0.2, 0.25) is 0 Å².